The Kier molecular flexibility index (Phi) is 7.03. The zero-order valence-corrected chi connectivity index (χ0v) is 20.4. The monoisotopic (exact) mass is 461 g/mol. The summed E-state index contributed by atoms with van der Waals surface area (Å²) >= 11 is 0. The molecule has 0 N–H and O–H groups in total. The largest absolute Gasteiger partial charge is 0.488 e. The summed E-state index contributed by atoms with van der Waals surface area (Å²) in [5.74, 6) is -0.107. The molecular formula is C29H32FNO3. The zero-order chi connectivity index (χ0) is 24.3. The van der Waals surface area contributed by atoms with Crippen molar-refractivity contribution in [2.75, 3.05) is 13.1 Å². The van der Waals surface area contributed by atoms with E-state index in [0.29, 0.717) is 30.0 Å². The number of nitrogens with zero attached hydrogens (tertiary/aromatic N) is 1. The fourth-order valence-electron chi connectivity index (χ4n) is 4.51. The highest BCUT2D eigenvalue weighted by Crippen LogP contribution is 2.38. The first-order valence-corrected chi connectivity index (χ1v) is 11.7. The summed E-state index contributed by atoms with van der Waals surface area (Å²) in [6, 6.07) is 18.6. The number of fused-ring (bicyclic) bond motifs is 1. The lowest BCUT2D eigenvalue weighted by molar-refractivity contribution is 0.0727. The number of carbonyl (C=O) groups excluding carboxylic acids is 1. The molecule has 3 aromatic carbocycles. The van der Waals surface area contributed by atoms with Crippen LogP contribution in [0.1, 0.15) is 53.4 Å². The maximum Gasteiger partial charge on any atom is 0.347 e. The normalized spacial score (nSPS) is 13.9. The van der Waals surface area contributed by atoms with Crippen molar-refractivity contribution in [2.45, 2.75) is 47.3 Å². The summed E-state index contributed by atoms with van der Waals surface area (Å²) in [6.07, 6.45) is 0.577. The number of halogens is 1. The van der Waals surface area contributed by atoms with E-state index in [1.165, 1.54) is 0 Å². The van der Waals surface area contributed by atoms with E-state index in [0.717, 1.165) is 24.2 Å². The second-order valence-electron chi connectivity index (χ2n) is 10.1. The molecule has 0 atom stereocenters. The van der Waals surface area contributed by atoms with Crippen molar-refractivity contribution in [1.29, 1.82) is 0 Å². The maximum atomic E-state index is 15.6. The Morgan fingerprint density at radius 2 is 1.65 bits per heavy atom. The smallest absolute Gasteiger partial charge is 0.347 e. The van der Waals surface area contributed by atoms with Gasteiger partial charge < -0.3 is 9.47 Å². The van der Waals surface area contributed by atoms with Gasteiger partial charge in [0.2, 0.25) is 0 Å². The van der Waals surface area contributed by atoms with E-state index < -0.39 is 5.97 Å². The minimum absolute atomic E-state index is 0.0981. The fraction of sp³-hybridized carbons (Fsp3) is 0.345. The molecular weight excluding hydrogens is 429 g/mol. The number of carbonyl (C=O) groups is 1. The molecule has 1 aliphatic heterocycles. The van der Waals surface area contributed by atoms with E-state index >= 15 is 4.39 Å². The van der Waals surface area contributed by atoms with Crippen LogP contribution in [-0.2, 0) is 19.6 Å². The third-order valence-electron chi connectivity index (χ3n) is 5.98. The van der Waals surface area contributed by atoms with Gasteiger partial charge in [-0.3, -0.25) is 4.90 Å². The van der Waals surface area contributed by atoms with Crippen LogP contribution >= 0.6 is 0 Å². The molecule has 4 rings (SSSR count). The molecule has 3 aromatic rings. The van der Waals surface area contributed by atoms with Gasteiger partial charge in [-0.1, -0.05) is 69.3 Å². The highest BCUT2D eigenvalue weighted by Gasteiger charge is 2.32. The van der Waals surface area contributed by atoms with Crippen molar-refractivity contribution in [2.24, 2.45) is 5.41 Å². The Bertz CT molecular complexity index is 1150. The topological polar surface area (TPSA) is 38.8 Å². The number of ether oxygens (including phenoxy) is 2. The van der Waals surface area contributed by atoms with E-state index in [1.54, 1.807) is 31.2 Å². The Labute approximate surface area is 201 Å². The molecule has 0 bridgehead atoms. The summed E-state index contributed by atoms with van der Waals surface area (Å²) in [6.45, 7) is 10.6. The number of rotatable bonds is 6. The average Bonchev–Trinajstić information content (AvgIpc) is 2.80. The maximum absolute atomic E-state index is 15.6. The molecule has 4 nitrogen and oxygen atoms in total. The lowest BCUT2D eigenvalue weighted by Gasteiger charge is -2.35. The number of esters is 1. The van der Waals surface area contributed by atoms with Crippen LogP contribution in [0.3, 0.4) is 0 Å². The molecule has 0 fully saturated rings. The van der Waals surface area contributed by atoms with E-state index in [-0.39, 0.29) is 29.0 Å². The van der Waals surface area contributed by atoms with Gasteiger partial charge >= 0.3 is 5.97 Å². The first-order chi connectivity index (χ1) is 16.2. The number of hydrogen-bond donors (Lipinski definition) is 0. The highest BCUT2D eigenvalue weighted by atomic mass is 19.1. The lowest BCUT2D eigenvalue weighted by Crippen LogP contribution is -2.38. The van der Waals surface area contributed by atoms with Gasteiger partial charge in [0.05, 0.1) is 0 Å². The van der Waals surface area contributed by atoms with Gasteiger partial charge in [0, 0.05) is 30.8 Å². The first-order valence-electron chi connectivity index (χ1n) is 11.7. The summed E-state index contributed by atoms with van der Waals surface area (Å²) in [5, 5.41) is 0. The third kappa shape index (κ3) is 5.48. The van der Waals surface area contributed by atoms with Crippen LogP contribution in [0, 0.1) is 18.2 Å². The van der Waals surface area contributed by atoms with Crippen molar-refractivity contribution >= 4 is 5.97 Å². The average molecular weight is 462 g/mol. The van der Waals surface area contributed by atoms with Gasteiger partial charge in [0.25, 0.3) is 0 Å². The molecule has 1 aliphatic rings. The predicted octanol–water partition coefficient (Wildman–Crippen LogP) is 6.34. The van der Waals surface area contributed by atoms with Gasteiger partial charge in [-0.15, -0.1) is 0 Å². The van der Waals surface area contributed by atoms with Crippen LogP contribution < -0.4 is 9.47 Å². The fourth-order valence-corrected chi connectivity index (χ4v) is 4.51. The number of hydrogen-bond acceptors (Lipinski definition) is 4. The summed E-state index contributed by atoms with van der Waals surface area (Å²) in [5.41, 5.74) is 2.89. The minimum atomic E-state index is -0.610. The Balaban J connectivity index is 1.76. The van der Waals surface area contributed by atoms with Crippen molar-refractivity contribution in [3.8, 4) is 11.5 Å². The van der Waals surface area contributed by atoms with Crippen LogP contribution in [0.2, 0.25) is 0 Å². The molecule has 0 aliphatic carbocycles. The molecule has 0 amide bonds. The standard InChI is InChI=1S/C29H32FNO3/c1-20-25(28(32)34-22-13-9-6-10-14-22)27(33-18-21-11-7-5-8-12-21)24-17-31(19-29(2,3)4)16-15-23(24)26(20)30/h5-14H,15-19H2,1-4H3. The van der Waals surface area contributed by atoms with E-state index in [2.05, 4.69) is 25.7 Å². The highest BCUT2D eigenvalue weighted by molar-refractivity contribution is 5.96. The molecule has 178 valence electrons. The quantitative estimate of drug-likeness (QED) is 0.317. The van der Waals surface area contributed by atoms with Crippen molar-refractivity contribution in [3.63, 3.8) is 0 Å². The Hall–Kier alpha value is -3.18. The Morgan fingerprint density at radius 3 is 2.29 bits per heavy atom. The van der Waals surface area contributed by atoms with Gasteiger partial charge in [-0.25, -0.2) is 9.18 Å². The van der Waals surface area contributed by atoms with Crippen LogP contribution in [-0.4, -0.2) is 24.0 Å². The second-order valence-corrected chi connectivity index (χ2v) is 10.1. The van der Waals surface area contributed by atoms with Gasteiger partial charge in [0.15, 0.2) is 0 Å². The molecule has 0 aromatic heterocycles. The van der Waals surface area contributed by atoms with Crippen molar-refractivity contribution < 1.29 is 18.7 Å². The molecule has 0 spiro atoms. The molecule has 0 unspecified atom stereocenters. The van der Waals surface area contributed by atoms with Crippen LogP contribution in [0.15, 0.2) is 60.7 Å². The van der Waals surface area contributed by atoms with Gasteiger partial charge in [-0.2, -0.15) is 0 Å². The number of benzene rings is 3. The SMILES string of the molecule is Cc1c(F)c2c(c(OCc3ccccc3)c1C(=O)Oc1ccccc1)CN(CC(C)(C)C)CC2. The third-order valence-corrected chi connectivity index (χ3v) is 5.98. The van der Waals surface area contributed by atoms with Crippen LogP contribution in [0.5, 0.6) is 11.5 Å². The van der Waals surface area contributed by atoms with Gasteiger partial charge in [-0.05, 0) is 42.0 Å². The molecule has 5 heteroatoms. The summed E-state index contributed by atoms with van der Waals surface area (Å²) in [7, 11) is 0. The lowest BCUT2D eigenvalue weighted by atomic mass is 9.89. The number of para-hydroxylation sites is 1. The predicted molar refractivity (Wildman–Crippen MR) is 132 cm³/mol. The van der Waals surface area contributed by atoms with Crippen LogP contribution in [0.25, 0.3) is 0 Å². The van der Waals surface area contributed by atoms with Crippen molar-refractivity contribution in [1.82, 2.24) is 4.90 Å². The minimum Gasteiger partial charge on any atom is -0.488 e. The van der Waals surface area contributed by atoms with E-state index in [4.69, 9.17) is 9.47 Å². The van der Waals surface area contributed by atoms with E-state index in [9.17, 15) is 4.79 Å². The van der Waals surface area contributed by atoms with Crippen LogP contribution in [0.4, 0.5) is 4.39 Å². The zero-order valence-electron chi connectivity index (χ0n) is 20.4. The molecule has 1 heterocycles. The summed E-state index contributed by atoms with van der Waals surface area (Å²) in [4.78, 5) is 15.6. The second kappa shape index (κ2) is 9.98. The molecule has 0 saturated carbocycles. The molecule has 0 saturated heterocycles. The molecule has 0 radical (unpaired) electrons. The summed E-state index contributed by atoms with van der Waals surface area (Å²) < 4.78 is 27.5. The Morgan fingerprint density at radius 1 is 1.00 bits per heavy atom. The van der Waals surface area contributed by atoms with E-state index in [1.807, 2.05) is 36.4 Å². The molecule has 34 heavy (non-hydrogen) atoms. The van der Waals surface area contributed by atoms with Crippen molar-refractivity contribution in [3.05, 3.63) is 94.3 Å². The van der Waals surface area contributed by atoms with Gasteiger partial charge in [0.1, 0.15) is 29.5 Å². The first kappa shape index (κ1) is 24.0.